The molecule has 1 heterocycles. The molecule has 108 valence electrons. The molecule has 1 fully saturated rings. The summed E-state index contributed by atoms with van der Waals surface area (Å²) in [7, 11) is 3.21. The fourth-order valence-corrected chi connectivity index (χ4v) is 2.34. The molecule has 1 aromatic carbocycles. The highest BCUT2D eigenvalue weighted by Gasteiger charge is 2.13. The van der Waals surface area contributed by atoms with Gasteiger partial charge in [-0.15, -0.1) is 0 Å². The maximum atomic E-state index is 12.0. The van der Waals surface area contributed by atoms with Gasteiger partial charge in [0, 0.05) is 19.2 Å². The van der Waals surface area contributed by atoms with Crippen molar-refractivity contribution in [1.29, 1.82) is 0 Å². The number of rotatable bonds is 4. The maximum Gasteiger partial charge on any atom is 0.246 e. The molecule has 2 rings (SSSR count). The second-order valence-corrected chi connectivity index (χ2v) is 4.83. The smallest absolute Gasteiger partial charge is 0.246 e. The highest BCUT2D eigenvalue weighted by molar-refractivity contribution is 5.91. The minimum atomic E-state index is 0.0829. The van der Waals surface area contributed by atoms with Gasteiger partial charge < -0.3 is 14.4 Å². The lowest BCUT2D eigenvalue weighted by atomic mass is 10.1. The summed E-state index contributed by atoms with van der Waals surface area (Å²) >= 11 is 0. The Hall–Kier alpha value is -1.97. The van der Waals surface area contributed by atoms with E-state index < -0.39 is 0 Å². The van der Waals surface area contributed by atoms with Gasteiger partial charge in [0.1, 0.15) is 0 Å². The van der Waals surface area contributed by atoms with E-state index >= 15 is 0 Å². The third kappa shape index (κ3) is 3.53. The number of carbonyl (C=O) groups excluding carboxylic acids is 1. The van der Waals surface area contributed by atoms with Gasteiger partial charge in [0.25, 0.3) is 0 Å². The number of benzene rings is 1. The summed E-state index contributed by atoms with van der Waals surface area (Å²) in [6, 6.07) is 5.60. The van der Waals surface area contributed by atoms with Gasteiger partial charge in [0.05, 0.1) is 14.2 Å². The number of likely N-dealkylation sites (tertiary alicyclic amines) is 1. The molecule has 20 heavy (non-hydrogen) atoms. The molecule has 0 saturated carbocycles. The van der Waals surface area contributed by atoms with Crippen LogP contribution in [0.25, 0.3) is 6.08 Å². The number of carbonyl (C=O) groups is 1. The second-order valence-electron chi connectivity index (χ2n) is 4.83. The first-order valence-electron chi connectivity index (χ1n) is 6.93. The number of ether oxygens (including phenoxy) is 2. The first-order valence-corrected chi connectivity index (χ1v) is 6.93. The van der Waals surface area contributed by atoms with Crippen molar-refractivity contribution >= 4 is 12.0 Å². The van der Waals surface area contributed by atoms with Crippen LogP contribution in [0.3, 0.4) is 0 Å². The average Bonchev–Trinajstić information content (AvgIpc) is 2.53. The lowest BCUT2D eigenvalue weighted by molar-refractivity contribution is -0.126. The van der Waals surface area contributed by atoms with Crippen LogP contribution in [-0.4, -0.2) is 38.1 Å². The van der Waals surface area contributed by atoms with E-state index in [2.05, 4.69) is 0 Å². The molecular weight excluding hydrogens is 254 g/mol. The van der Waals surface area contributed by atoms with Gasteiger partial charge in [0.15, 0.2) is 11.5 Å². The largest absolute Gasteiger partial charge is 0.493 e. The van der Waals surface area contributed by atoms with Gasteiger partial charge in [-0.2, -0.15) is 0 Å². The van der Waals surface area contributed by atoms with E-state index in [1.54, 1.807) is 20.3 Å². The first kappa shape index (κ1) is 14.4. The van der Waals surface area contributed by atoms with Crippen molar-refractivity contribution in [2.24, 2.45) is 0 Å². The number of piperidine rings is 1. The lowest BCUT2D eigenvalue weighted by Gasteiger charge is -2.25. The first-order chi connectivity index (χ1) is 9.74. The zero-order valence-electron chi connectivity index (χ0n) is 12.1. The van der Waals surface area contributed by atoms with Crippen LogP contribution in [0.4, 0.5) is 0 Å². The normalized spacial score (nSPS) is 15.4. The molecule has 1 amide bonds. The Morgan fingerprint density at radius 2 is 1.80 bits per heavy atom. The molecule has 4 heteroatoms. The monoisotopic (exact) mass is 275 g/mol. The molecule has 1 aliphatic heterocycles. The SMILES string of the molecule is COc1ccc(C=CC(=O)N2CCCCC2)cc1OC. The van der Waals surface area contributed by atoms with Crippen LogP contribution in [0.5, 0.6) is 11.5 Å². The molecule has 0 aromatic heterocycles. The van der Waals surface area contributed by atoms with E-state index in [0.717, 1.165) is 31.5 Å². The van der Waals surface area contributed by atoms with Gasteiger partial charge in [0.2, 0.25) is 5.91 Å². The third-order valence-corrected chi connectivity index (χ3v) is 3.49. The van der Waals surface area contributed by atoms with Crippen LogP contribution >= 0.6 is 0 Å². The van der Waals surface area contributed by atoms with Gasteiger partial charge in [-0.3, -0.25) is 4.79 Å². The van der Waals surface area contributed by atoms with Crippen LogP contribution in [0, 0.1) is 0 Å². The van der Waals surface area contributed by atoms with Crippen molar-refractivity contribution in [2.75, 3.05) is 27.3 Å². The molecule has 4 nitrogen and oxygen atoms in total. The van der Waals surface area contributed by atoms with E-state index in [9.17, 15) is 4.79 Å². The molecular formula is C16H21NO3. The van der Waals surface area contributed by atoms with Gasteiger partial charge in [-0.25, -0.2) is 0 Å². The lowest BCUT2D eigenvalue weighted by Crippen LogP contribution is -2.34. The van der Waals surface area contributed by atoms with E-state index in [1.807, 2.05) is 29.2 Å². The minimum Gasteiger partial charge on any atom is -0.493 e. The average molecular weight is 275 g/mol. The third-order valence-electron chi connectivity index (χ3n) is 3.49. The molecule has 0 spiro atoms. The van der Waals surface area contributed by atoms with Gasteiger partial charge in [-0.1, -0.05) is 6.07 Å². The van der Waals surface area contributed by atoms with E-state index in [4.69, 9.17) is 9.47 Å². The van der Waals surface area contributed by atoms with Gasteiger partial charge in [-0.05, 0) is 43.0 Å². The number of hydrogen-bond donors (Lipinski definition) is 0. The van der Waals surface area contributed by atoms with Crippen molar-refractivity contribution < 1.29 is 14.3 Å². The quantitative estimate of drug-likeness (QED) is 0.793. The van der Waals surface area contributed by atoms with Crippen molar-refractivity contribution in [1.82, 2.24) is 4.90 Å². The van der Waals surface area contributed by atoms with Gasteiger partial charge >= 0.3 is 0 Å². The highest BCUT2D eigenvalue weighted by atomic mass is 16.5. The predicted octanol–water partition coefficient (Wildman–Crippen LogP) is 2.73. The van der Waals surface area contributed by atoms with Crippen molar-refractivity contribution in [2.45, 2.75) is 19.3 Å². The van der Waals surface area contributed by atoms with Crippen molar-refractivity contribution in [3.63, 3.8) is 0 Å². The fraction of sp³-hybridized carbons (Fsp3) is 0.438. The molecule has 0 bridgehead atoms. The second kappa shape index (κ2) is 6.98. The molecule has 0 atom stereocenters. The summed E-state index contributed by atoms with van der Waals surface area (Å²) < 4.78 is 10.4. The Bertz CT molecular complexity index is 490. The van der Waals surface area contributed by atoms with Crippen molar-refractivity contribution in [3.05, 3.63) is 29.8 Å². The molecule has 0 N–H and O–H groups in total. The Morgan fingerprint density at radius 3 is 2.45 bits per heavy atom. The fourth-order valence-electron chi connectivity index (χ4n) is 2.34. The van der Waals surface area contributed by atoms with E-state index in [1.165, 1.54) is 6.42 Å². The molecule has 1 aliphatic rings. The summed E-state index contributed by atoms with van der Waals surface area (Å²) in [6.45, 7) is 1.74. The summed E-state index contributed by atoms with van der Waals surface area (Å²) in [4.78, 5) is 13.9. The summed E-state index contributed by atoms with van der Waals surface area (Å²) in [6.07, 6.45) is 6.89. The molecule has 1 saturated heterocycles. The van der Waals surface area contributed by atoms with Crippen LogP contribution in [-0.2, 0) is 4.79 Å². The number of methoxy groups -OCH3 is 2. The Kier molecular flexibility index (Phi) is 5.04. The van der Waals surface area contributed by atoms with Crippen LogP contribution in [0.2, 0.25) is 0 Å². The Balaban J connectivity index is 2.04. The number of hydrogen-bond acceptors (Lipinski definition) is 3. The van der Waals surface area contributed by atoms with Crippen molar-refractivity contribution in [3.8, 4) is 11.5 Å². The van der Waals surface area contributed by atoms with Crippen LogP contribution in [0.1, 0.15) is 24.8 Å². The van der Waals surface area contributed by atoms with Crippen LogP contribution < -0.4 is 9.47 Å². The molecule has 0 radical (unpaired) electrons. The summed E-state index contributed by atoms with van der Waals surface area (Å²) in [5.41, 5.74) is 0.924. The summed E-state index contributed by atoms with van der Waals surface area (Å²) in [5.74, 6) is 1.44. The Labute approximate surface area is 120 Å². The maximum absolute atomic E-state index is 12.0. The highest BCUT2D eigenvalue weighted by Crippen LogP contribution is 2.28. The standard InChI is InChI=1S/C16H21NO3/c1-19-14-8-6-13(12-15(14)20-2)7-9-16(18)17-10-4-3-5-11-17/h6-9,12H,3-5,10-11H2,1-2H3. The van der Waals surface area contributed by atoms with Crippen LogP contribution in [0.15, 0.2) is 24.3 Å². The topological polar surface area (TPSA) is 38.8 Å². The number of amides is 1. The molecule has 1 aromatic rings. The molecule has 0 aliphatic carbocycles. The van der Waals surface area contributed by atoms with E-state index in [-0.39, 0.29) is 5.91 Å². The zero-order chi connectivity index (χ0) is 14.4. The minimum absolute atomic E-state index is 0.0829. The number of nitrogens with zero attached hydrogens (tertiary/aromatic N) is 1. The predicted molar refractivity (Wildman–Crippen MR) is 79.0 cm³/mol. The Morgan fingerprint density at radius 1 is 1.10 bits per heavy atom. The summed E-state index contributed by atoms with van der Waals surface area (Å²) in [5, 5.41) is 0. The zero-order valence-corrected chi connectivity index (χ0v) is 12.1. The molecule has 0 unspecified atom stereocenters. The van der Waals surface area contributed by atoms with E-state index in [0.29, 0.717) is 11.5 Å².